The molecular weight excluding hydrogens is 176 g/mol. The first-order valence-corrected chi connectivity index (χ1v) is 5.71. The zero-order valence-corrected chi connectivity index (χ0v) is 9.12. The highest BCUT2D eigenvalue weighted by Crippen LogP contribution is 2.29. The highest BCUT2D eigenvalue weighted by molar-refractivity contribution is 5.80. The Kier molecular flexibility index (Phi) is 2.77. The fourth-order valence-corrected chi connectivity index (χ4v) is 2.32. The Labute approximate surface area is 85.8 Å². The van der Waals surface area contributed by atoms with Crippen molar-refractivity contribution in [2.75, 3.05) is 13.1 Å². The normalized spacial score (nSPS) is 28.6. The molecule has 2 rings (SSSR count). The van der Waals surface area contributed by atoms with Gasteiger partial charge in [-0.2, -0.15) is 0 Å². The van der Waals surface area contributed by atoms with Gasteiger partial charge in [-0.1, -0.05) is 20.3 Å². The van der Waals surface area contributed by atoms with Gasteiger partial charge >= 0.3 is 0 Å². The summed E-state index contributed by atoms with van der Waals surface area (Å²) in [5.74, 6) is 1.58. The summed E-state index contributed by atoms with van der Waals surface area (Å²) in [6.07, 6.45) is 4.26. The van der Waals surface area contributed by atoms with Crippen LogP contribution in [-0.4, -0.2) is 30.1 Å². The third kappa shape index (κ3) is 1.78. The molecule has 1 heterocycles. The van der Waals surface area contributed by atoms with Crippen LogP contribution in [0, 0.1) is 11.8 Å². The first-order chi connectivity index (χ1) is 6.68. The maximum absolute atomic E-state index is 11.6. The van der Waals surface area contributed by atoms with Crippen molar-refractivity contribution in [3.63, 3.8) is 0 Å². The molecule has 0 bridgehead atoms. The molecule has 14 heavy (non-hydrogen) atoms. The Bertz CT molecular complexity index is 223. The van der Waals surface area contributed by atoms with Crippen LogP contribution in [0.4, 0.5) is 0 Å². The summed E-state index contributed by atoms with van der Waals surface area (Å²) in [5.41, 5.74) is 0. The number of nitrogens with zero attached hydrogens (tertiary/aromatic N) is 1. The van der Waals surface area contributed by atoms with Crippen LogP contribution in [0.5, 0.6) is 0 Å². The summed E-state index contributed by atoms with van der Waals surface area (Å²) in [4.78, 5) is 13.7. The molecule has 80 valence electrons. The van der Waals surface area contributed by atoms with Crippen LogP contribution in [0.2, 0.25) is 0 Å². The molecule has 0 aromatic heterocycles. The summed E-state index contributed by atoms with van der Waals surface area (Å²) in [7, 11) is 0. The highest BCUT2D eigenvalue weighted by Gasteiger charge is 2.34. The van der Waals surface area contributed by atoms with Crippen molar-refractivity contribution >= 4 is 5.91 Å². The molecule has 3 heteroatoms. The molecule has 0 spiro atoms. The van der Waals surface area contributed by atoms with Gasteiger partial charge in [0.15, 0.2) is 0 Å². The van der Waals surface area contributed by atoms with Crippen LogP contribution in [0.1, 0.15) is 33.1 Å². The standard InChI is InChI=1S/C11H20N2O/c1-8(2)11-12-6-10(14)13(11)7-9-4-3-5-9/h8-9,11-12H,3-7H2,1-2H3. The van der Waals surface area contributed by atoms with Crippen molar-refractivity contribution in [1.82, 2.24) is 10.2 Å². The highest BCUT2D eigenvalue weighted by atomic mass is 16.2. The number of nitrogens with one attached hydrogen (secondary N) is 1. The third-order valence-corrected chi connectivity index (χ3v) is 3.43. The largest absolute Gasteiger partial charge is 0.326 e. The van der Waals surface area contributed by atoms with Crippen molar-refractivity contribution in [2.24, 2.45) is 11.8 Å². The molecule has 1 aliphatic heterocycles. The van der Waals surface area contributed by atoms with E-state index in [0.717, 1.165) is 12.5 Å². The lowest BCUT2D eigenvalue weighted by Crippen LogP contribution is -2.44. The van der Waals surface area contributed by atoms with Gasteiger partial charge in [0.25, 0.3) is 0 Å². The molecule has 2 aliphatic rings. The van der Waals surface area contributed by atoms with Crippen molar-refractivity contribution in [2.45, 2.75) is 39.3 Å². The van der Waals surface area contributed by atoms with Gasteiger partial charge in [0.1, 0.15) is 0 Å². The van der Waals surface area contributed by atoms with Gasteiger partial charge in [-0.05, 0) is 24.7 Å². The Morgan fingerprint density at radius 2 is 2.21 bits per heavy atom. The Morgan fingerprint density at radius 3 is 2.71 bits per heavy atom. The molecule has 2 fully saturated rings. The number of hydrogen-bond acceptors (Lipinski definition) is 2. The first-order valence-electron chi connectivity index (χ1n) is 5.71. The van der Waals surface area contributed by atoms with Crippen molar-refractivity contribution in [3.05, 3.63) is 0 Å². The zero-order chi connectivity index (χ0) is 10.1. The topological polar surface area (TPSA) is 32.3 Å². The van der Waals surface area contributed by atoms with Crippen molar-refractivity contribution in [1.29, 1.82) is 0 Å². The van der Waals surface area contributed by atoms with E-state index in [1.807, 2.05) is 0 Å². The van der Waals surface area contributed by atoms with Gasteiger partial charge in [-0.3, -0.25) is 10.1 Å². The van der Waals surface area contributed by atoms with Gasteiger partial charge in [0.2, 0.25) is 5.91 Å². The van der Waals surface area contributed by atoms with Crippen LogP contribution in [0.25, 0.3) is 0 Å². The van der Waals surface area contributed by atoms with E-state index in [1.165, 1.54) is 19.3 Å². The van der Waals surface area contributed by atoms with Gasteiger partial charge in [0, 0.05) is 6.54 Å². The molecule has 1 aliphatic carbocycles. The Balaban J connectivity index is 1.94. The summed E-state index contributed by atoms with van der Waals surface area (Å²) >= 11 is 0. The van der Waals surface area contributed by atoms with Crippen LogP contribution in [-0.2, 0) is 4.79 Å². The molecule has 1 saturated carbocycles. The fraction of sp³-hybridized carbons (Fsp3) is 0.909. The molecule has 1 N–H and O–H groups in total. The predicted octanol–water partition coefficient (Wildman–Crippen LogP) is 1.20. The summed E-state index contributed by atoms with van der Waals surface area (Å²) in [6.45, 7) is 5.86. The smallest absolute Gasteiger partial charge is 0.237 e. The minimum Gasteiger partial charge on any atom is -0.326 e. The number of amides is 1. The SMILES string of the molecule is CC(C)C1NCC(=O)N1CC1CCC1. The minimum absolute atomic E-state index is 0.281. The lowest BCUT2D eigenvalue weighted by atomic mass is 9.85. The van der Waals surface area contributed by atoms with E-state index >= 15 is 0 Å². The average molecular weight is 196 g/mol. The zero-order valence-electron chi connectivity index (χ0n) is 9.12. The lowest BCUT2D eigenvalue weighted by molar-refractivity contribution is -0.129. The van der Waals surface area contributed by atoms with Crippen molar-refractivity contribution < 1.29 is 4.79 Å². The molecule has 1 saturated heterocycles. The van der Waals surface area contributed by atoms with E-state index in [4.69, 9.17) is 0 Å². The van der Waals surface area contributed by atoms with E-state index in [1.54, 1.807) is 0 Å². The predicted molar refractivity (Wildman–Crippen MR) is 55.7 cm³/mol. The Hall–Kier alpha value is -0.570. The Morgan fingerprint density at radius 1 is 1.50 bits per heavy atom. The number of hydrogen-bond donors (Lipinski definition) is 1. The monoisotopic (exact) mass is 196 g/mol. The molecule has 0 radical (unpaired) electrons. The van der Waals surface area contributed by atoms with Crippen LogP contribution in [0.15, 0.2) is 0 Å². The van der Waals surface area contributed by atoms with Gasteiger partial charge in [-0.15, -0.1) is 0 Å². The van der Waals surface area contributed by atoms with E-state index in [0.29, 0.717) is 12.5 Å². The number of carbonyl (C=O) groups excluding carboxylic acids is 1. The summed E-state index contributed by atoms with van der Waals surface area (Å²) in [6, 6.07) is 0. The summed E-state index contributed by atoms with van der Waals surface area (Å²) < 4.78 is 0. The third-order valence-electron chi connectivity index (χ3n) is 3.43. The van der Waals surface area contributed by atoms with E-state index < -0.39 is 0 Å². The molecule has 3 nitrogen and oxygen atoms in total. The van der Waals surface area contributed by atoms with Crippen LogP contribution in [0.3, 0.4) is 0 Å². The van der Waals surface area contributed by atoms with E-state index in [2.05, 4.69) is 24.1 Å². The van der Waals surface area contributed by atoms with Crippen molar-refractivity contribution in [3.8, 4) is 0 Å². The summed E-state index contributed by atoms with van der Waals surface area (Å²) in [5, 5.41) is 3.29. The molecule has 0 aromatic carbocycles. The van der Waals surface area contributed by atoms with Gasteiger partial charge in [-0.25, -0.2) is 0 Å². The molecular formula is C11H20N2O. The second-order valence-corrected chi connectivity index (χ2v) is 4.91. The molecule has 1 amide bonds. The van der Waals surface area contributed by atoms with Crippen LogP contribution < -0.4 is 5.32 Å². The van der Waals surface area contributed by atoms with Crippen LogP contribution >= 0.6 is 0 Å². The fourth-order valence-electron chi connectivity index (χ4n) is 2.32. The molecule has 1 unspecified atom stereocenters. The quantitative estimate of drug-likeness (QED) is 0.735. The maximum Gasteiger partial charge on any atom is 0.237 e. The first kappa shape index (κ1) is 9.97. The second kappa shape index (κ2) is 3.89. The van der Waals surface area contributed by atoms with E-state index in [-0.39, 0.29) is 12.1 Å². The number of carbonyl (C=O) groups is 1. The second-order valence-electron chi connectivity index (χ2n) is 4.91. The number of rotatable bonds is 3. The lowest BCUT2D eigenvalue weighted by Gasteiger charge is -2.34. The van der Waals surface area contributed by atoms with E-state index in [9.17, 15) is 4.79 Å². The minimum atomic E-state index is 0.281. The maximum atomic E-state index is 11.6. The molecule has 0 aromatic rings. The van der Waals surface area contributed by atoms with Gasteiger partial charge in [0.05, 0.1) is 12.7 Å². The molecule has 1 atom stereocenters. The average Bonchev–Trinajstić information content (AvgIpc) is 2.40. The van der Waals surface area contributed by atoms with Gasteiger partial charge < -0.3 is 4.90 Å².